The molecule has 1 saturated heterocycles. The summed E-state index contributed by atoms with van der Waals surface area (Å²) in [6, 6.07) is 8.45. The number of aliphatic carboxylic acids is 1. The molecule has 0 amide bonds. The topological polar surface area (TPSA) is 179 Å². The van der Waals surface area contributed by atoms with Crippen LogP contribution in [0.3, 0.4) is 0 Å². The number of rotatable bonds is 10. The van der Waals surface area contributed by atoms with Gasteiger partial charge in [-0.3, -0.25) is 4.79 Å². The van der Waals surface area contributed by atoms with Crippen molar-refractivity contribution in [2.75, 3.05) is 19.6 Å². The van der Waals surface area contributed by atoms with Crippen LogP contribution in [0.4, 0.5) is 0 Å². The molecule has 0 unspecified atom stereocenters. The molecule has 1 aromatic carbocycles. The van der Waals surface area contributed by atoms with Crippen molar-refractivity contribution in [2.45, 2.75) is 30.7 Å². The quantitative estimate of drug-likeness (QED) is 0.250. The molecule has 156 valence electrons. The van der Waals surface area contributed by atoms with Crippen LogP contribution in [0.5, 0.6) is 0 Å². The molecule has 1 heterocycles. The SMILES string of the molecule is N[C@@H](CNS(=O)(=O)N1C[C@H](CCCB(O)O)[C@](N)(C(=O)O)C1)c1ccccc1. The highest BCUT2D eigenvalue weighted by molar-refractivity contribution is 7.87. The number of carboxylic acids is 1. The average Bonchev–Trinajstić information content (AvgIpc) is 2.99. The summed E-state index contributed by atoms with van der Waals surface area (Å²) in [6.45, 7) is -0.486. The molecule has 0 aromatic heterocycles. The molecule has 0 bridgehead atoms. The largest absolute Gasteiger partial charge is 0.480 e. The Morgan fingerprint density at radius 1 is 1.36 bits per heavy atom. The molecule has 28 heavy (non-hydrogen) atoms. The molecular formula is C16H27BN4O6S. The van der Waals surface area contributed by atoms with Gasteiger partial charge >= 0.3 is 13.1 Å². The molecule has 1 aromatic rings. The van der Waals surface area contributed by atoms with Crippen molar-refractivity contribution in [2.24, 2.45) is 17.4 Å². The normalized spacial score (nSPS) is 24.2. The molecule has 1 fully saturated rings. The Balaban J connectivity index is 2.03. The zero-order valence-electron chi connectivity index (χ0n) is 15.4. The average molecular weight is 414 g/mol. The summed E-state index contributed by atoms with van der Waals surface area (Å²) in [4.78, 5) is 11.7. The number of nitrogens with zero attached hydrogens (tertiary/aromatic N) is 1. The zero-order chi connectivity index (χ0) is 20.9. The number of benzene rings is 1. The number of nitrogens with one attached hydrogen (secondary N) is 1. The fraction of sp³-hybridized carbons (Fsp3) is 0.562. The third-order valence-electron chi connectivity index (χ3n) is 5.06. The van der Waals surface area contributed by atoms with Gasteiger partial charge in [0.2, 0.25) is 0 Å². The highest BCUT2D eigenvalue weighted by Gasteiger charge is 2.52. The van der Waals surface area contributed by atoms with Crippen molar-refractivity contribution in [3.63, 3.8) is 0 Å². The minimum absolute atomic E-state index is 0.0468. The maximum atomic E-state index is 12.6. The van der Waals surface area contributed by atoms with Gasteiger partial charge in [-0.05, 0) is 18.3 Å². The van der Waals surface area contributed by atoms with Crippen molar-refractivity contribution < 1.29 is 28.4 Å². The summed E-state index contributed by atoms with van der Waals surface area (Å²) >= 11 is 0. The van der Waals surface area contributed by atoms with Crippen LogP contribution in [0.1, 0.15) is 24.4 Å². The van der Waals surface area contributed by atoms with Gasteiger partial charge in [0, 0.05) is 31.6 Å². The Bertz CT molecular complexity index is 766. The minimum Gasteiger partial charge on any atom is -0.480 e. The van der Waals surface area contributed by atoms with Gasteiger partial charge in [0.25, 0.3) is 10.2 Å². The van der Waals surface area contributed by atoms with Gasteiger partial charge in [-0.1, -0.05) is 36.8 Å². The number of nitrogens with two attached hydrogens (primary N) is 2. The summed E-state index contributed by atoms with van der Waals surface area (Å²) < 4.78 is 28.7. The number of hydrogen-bond donors (Lipinski definition) is 6. The van der Waals surface area contributed by atoms with Gasteiger partial charge in [-0.15, -0.1) is 0 Å². The van der Waals surface area contributed by atoms with Crippen LogP contribution in [-0.2, 0) is 15.0 Å². The van der Waals surface area contributed by atoms with Gasteiger partial charge in [-0.2, -0.15) is 12.7 Å². The number of carbonyl (C=O) groups is 1. The first-order valence-corrected chi connectivity index (χ1v) is 10.4. The van der Waals surface area contributed by atoms with Gasteiger partial charge in [0.05, 0.1) is 0 Å². The molecular weight excluding hydrogens is 387 g/mol. The van der Waals surface area contributed by atoms with Gasteiger partial charge in [0.1, 0.15) is 5.54 Å². The van der Waals surface area contributed by atoms with E-state index in [-0.39, 0.29) is 32.4 Å². The van der Waals surface area contributed by atoms with E-state index in [4.69, 9.17) is 21.5 Å². The molecule has 0 saturated carbocycles. The van der Waals surface area contributed by atoms with E-state index in [1.54, 1.807) is 24.3 Å². The van der Waals surface area contributed by atoms with E-state index in [1.807, 2.05) is 6.07 Å². The number of carboxylic acid groups (broad SMARTS) is 1. The lowest BCUT2D eigenvalue weighted by Crippen LogP contribution is -2.55. The lowest BCUT2D eigenvalue weighted by atomic mass is 9.78. The van der Waals surface area contributed by atoms with Crippen LogP contribution in [0.2, 0.25) is 6.32 Å². The summed E-state index contributed by atoms with van der Waals surface area (Å²) in [6.07, 6.45) is 0.633. The zero-order valence-corrected chi connectivity index (χ0v) is 16.3. The van der Waals surface area contributed by atoms with Gasteiger partial charge < -0.3 is 26.6 Å². The van der Waals surface area contributed by atoms with Crippen LogP contribution in [0.15, 0.2) is 30.3 Å². The van der Waals surface area contributed by atoms with Crippen molar-refractivity contribution >= 4 is 23.3 Å². The molecule has 1 aliphatic heterocycles. The number of hydrogen-bond acceptors (Lipinski definition) is 7. The van der Waals surface area contributed by atoms with E-state index in [0.717, 1.165) is 9.87 Å². The van der Waals surface area contributed by atoms with E-state index >= 15 is 0 Å². The predicted octanol–water partition coefficient (Wildman–Crippen LogP) is -1.51. The van der Waals surface area contributed by atoms with E-state index in [2.05, 4.69) is 4.72 Å². The Labute approximate surface area is 164 Å². The Morgan fingerprint density at radius 2 is 2.00 bits per heavy atom. The van der Waals surface area contributed by atoms with Crippen molar-refractivity contribution in [3.8, 4) is 0 Å². The summed E-state index contributed by atoms with van der Waals surface area (Å²) in [7, 11) is -5.48. The van der Waals surface area contributed by atoms with E-state index < -0.39 is 40.8 Å². The fourth-order valence-electron chi connectivity index (χ4n) is 3.32. The molecule has 10 nitrogen and oxygen atoms in total. The molecule has 0 radical (unpaired) electrons. The van der Waals surface area contributed by atoms with E-state index in [0.29, 0.717) is 6.42 Å². The standard InChI is InChI=1S/C16H27BN4O6S/c18-14(12-5-2-1-3-6-12)9-20-28(26,27)21-10-13(7-4-8-17(24)25)16(19,11-21)15(22)23/h1-3,5-6,13-14,20,24-25H,4,7-11,18-19H2,(H,22,23)/t13-,14-,16-/m0/s1. The van der Waals surface area contributed by atoms with Crippen LogP contribution >= 0.6 is 0 Å². The Morgan fingerprint density at radius 3 is 2.57 bits per heavy atom. The minimum atomic E-state index is -3.98. The van der Waals surface area contributed by atoms with E-state index in [1.165, 1.54) is 0 Å². The maximum absolute atomic E-state index is 12.6. The molecule has 0 spiro atoms. The highest BCUT2D eigenvalue weighted by Crippen LogP contribution is 2.31. The molecule has 8 N–H and O–H groups in total. The molecule has 0 aliphatic carbocycles. The lowest BCUT2D eigenvalue weighted by Gasteiger charge is -2.25. The van der Waals surface area contributed by atoms with Crippen molar-refractivity contribution in [3.05, 3.63) is 35.9 Å². The van der Waals surface area contributed by atoms with Crippen molar-refractivity contribution in [1.29, 1.82) is 0 Å². The third-order valence-corrected chi connectivity index (χ3v) is 6.55. The summed E-state index contributed by atoms with van der Waals surface area (Å²) in [5, 5.41) is 27.4. The van der Waals surface area contributed by atoms with Crippen LogP contribution in [0, 0.1) is 5.92 Å². The third kappa shape index (κ3) is 5.51. The van der Waals surface area contributed by atoms with Gasteiger partial charge in [0.15, 0.2) is 0 Å². The molecule has 3 atom stereocenters. The second-order valence-corrected chi connectivity index (χ2v) is 8.87. The highest BCUT2D eigenvalue weighted by atomic mass is 32.2. The van der Waals surface area contributed by atoms with E-state index in [9.17, 15) is 18.3 Å². The van der Waals surface area contributed by atoms with Crippen molar-refractivity contribution in [1.82, 2.24) is 9.03 Å². The Hall–Kier alpha value is -1.54. The van der Waals surface area contributed by atoms with Gasteiger partial charge in [-0.25, -0.2) is 4.72 Å². The second kappa shape index (κ2) is 9.31. The maximum Gasteiger partial charge on any atom is 0.451 e. The second-order valence-electron chi connectivity index (χ2n) is 7.12. The monoisotopic (exact) mass is 414 g/mol. The predicted molar refractivity (Wildman–Crippen MR) is 104 cm³/mol. The fourth-order valence-corrected chi connectivity index (χ4v) is 4.65. The first-order valence-electron chi connectivity index (χ1n) is 9.00. The Kier molecular flexibility index (Phi) is 7.56. The molecule has 12 heteroatoms. The first kappa shape index (κ1) is 22.8. The smallest absolute Gasteiger partial charge is 0.451 e. The summed E-state index contributed by atoms with van der Waals surface area (Å²) in [5.41, 5.74) is 11.1. The summed E-state index contributed by atoms with van der Waals surface area (Å²) in [5.74, 6) is -1.94. The van der Waals surface area contributed by atoms with Crippen LogP contribution in [0.25, 0.3) is 0 Å². The molecule has 2 rings (SSSR count). The molecule has 1 aliphatic rings. The van der Waals surface area contributed by atoms with Crippen LogP contribution in [-0.4, -0.2) is 66.1 Å². The first-order chi connectivity index (χ1) is 13.1. The lowest BCUT2D eigenvalue weighted by molar-refractivity contribution is -0.144. The van der Waals surface area contributed by atoms with Crippen LogP contribution < -0.4 is 16.2 Å².